The van der Waals surface area contributed by atoms with Crippen LogP contribution in [-0.4, -0.2) is 26.0 Å². The number of esters is 1. The Bertz CT molecular complexity index is 1310. The number of carbonyl (C=O) groups is 1. The molecule has 0 radical (unpaired) electrons. The Morgan fingerprint density at radius 1 is 0.717 bits per heavy atom. The Kier molecular flexibility index (Phi) is 14.7. The first kappa shape index (κ1) is 40.8. The molecule has 0 bridgehead atoms. The molecular weight excluding hydrogens is 659 g/mol. The maximum absolute atomic E-state index is 12.8. The van der Waals surface area contributed by atoms with E-state index in [9.17, 15) is 44.3 Å². The molecule has 0 saturated heterocycles. The van der Waals surface area contributed by atoms with E-state index in [-0.39, 0.29) is 24.3 Å². The van der Waals surface area contributed by atoms with Crippen LogP contribution >= 0.6 is 0 Å². The molecule has 0 fully saturated rings. The van der Waals surface area contributed by atoms with Crippen molar-refractivity contribution in [2.24, 2.45) is 0 Å². The molecule has 0 saturated carbocycles. The molecule has 3 aromatic rings. The lowest BCUT2D eigenvalue weighted by atomic mass is 10.2. The number of rotatable bonds is 9. The third kappa shape index (κ3) is 10.7. The highest BCUT2D eigenvalue weighted by atomic mass is 28.4. The van der Waals surface area contributed by atoms with Gasteiger partial charge >= 0.3 is 24.5 Å². The SMILES string of the molecule is CC(C)[Si](OCc1ccoc1C(F)(F)F)(C(C)C)C(C)C.CCOC(=O)c1ccoc1C(F)(F)F.OCc1ccoc1C(F)(F)F. The molecule has 0 aromatic carbocycles. The van der Waals surface area contributed by atoms with E-state index in [1.165, 1.54) is 13.0 Å². The van der Waals surface area contributed by atoms with Crippen molar-refractivity contribution < 1.29 is 71.8 Å². The number of hydrogen-bond acceptors (Lipinski definition) is 7. The molecule has 262 valence electrons. The van der Waals surface area contributed by atoms with Gasteiger partial charge in [0.15, 0.2) is 0 Å². The van der Waals surface area contributed by atoms with Crippen molar-refractivity contribution in [3.63, 3.8) is 0 Å². The average molecular weight is 697 g/mol. The molecular formula is C29H37F9O7Si. The Balaban J connectivity index is 0.000000366. The van der Waals surface area contributed by atoms with Crippen LogP contribution in [0.5, 0.6) is 0 Å². The summed E-state index contributed by atoms with van der Waals surface area (Å²) in [5.41, 5.74) is 0.245. The van der Waals surface area contributed by atoms with Gasteiger partial charge in [-0.15, -0.1) is 0 Å². The second kappa shape index (κ2) is 16.6. The standard InChI is InChI=1S/C15H25F3O2Si.C8H7F3O3.C6H5F3O2/c1-10(2)21(11(3)4,12(5)6)20-9-13-7-8-19-14(13)15(16,17)18;1-2-13-7(12)5-3-4-14-6(5)8(9,10)11;7-6(8,9)5-4(3-10)1-2-11-5/h7-8,10-12H,9H2,1-6H3;3-4H,2H2,1H3;1-2,10H,3H2. The molecule has 0 aliphatic heterocycles. The number of halogens is 9. The van der Waals surface area contributed by atoms with E-state index in [4.69, 9.17) is 9.53 Å². The van der Waals surface area contributed by atoms with E-state index in [0.717, 1.165) is 30.9 Å². The van der Waals surface area contributed by atoms with Gasteiger partial charge in [-0.05, 0) is 41.7 Å². The summed E-state index contributed by atoms with van der Waals surface area (Å²) in [5, 5.41) is 8.41. The minimum atomic E-state index is -4.68. The van der Waals surface area contributed by atoms with Crippen LogP contribution in [0.1, 0.15) is 87.2 Å². The Morgan fingerprint density at radius 2 is 1.11 bits per heavy atom. The first-order valence-corrected chi connectivity index (χ1v) is 16.0. The molecule has 0 aliphatic carbocycles. The highest BCUT2D eigenvalue weighted by molar-refractivity contribution is 6.77. The quantitative estimate of drug-likeness (QED) is 0.135. The number of aliphatic hydroxyl groups is 1. The Morgan fingerprint density at radius 3 is 1.48 bits per heavy atom. The van der Waals surface area contributed by atoms with Gasteiger partial charge in [0, 0.05) is 11.1 Å². The van der Waals surface area contributed by atoms with E-state index in [1.807, 2.05) is 0 Å². The normalized spacial score (nSPS) is 12.6. The zero-order valence-electron chi connectivity index (χ0n) is 26.1. The van der Waals surface area contributed by atoms with Crippen molar-refractivity contribution in [2.75, 3.05) is 6.61 Å². The molecule has 3 aromatic heterocycles. The summed E-state index contributed by atoms with van der Waals surface area (Å²) in [6.07, 6.45) is -10.9. The zero-order valence-corrected chi connectivity index (χ0v) is 27.1. The molecule has 0 unspecified atom stereocenters. The van der Waals surface area contributed by atoms with Crippen LogP contribution in [0.25, 0.3) is 0 Å². The first-order chi connectivity index (χ1) is 21.0. The molecule has 3 heterocycles. The summed E-state index contributed by atoms with van der Waals surface area (Å²) in [5.74, 6) is -4.42. The minimum absolute atomic E-state index is 0.0152. The van der Waals surface area contributed by atoms with Gasteiger partial charge in [-0.2, -0.15) is 39.5 Å². The van der Waals surface area contributed by atoms with E-state index in [1.54, 1.807) is 0 Å². The Hall–Kier alpha value is -3.18. The van der Waals surface area contributed by atoms with E-state index >= 15 is 0 Å². The van der Waals surface area contributed by atoms with Crippen molar-refractivity contribution in [1.29, 1.82) is 0 Å². The molecule has 17 heteroatoms. The molecule has 0 spiro atoms. The minimum Gasteiger partial charge on any atom is -0.462 e. The first-order valence-electron chi connectivity index (χ1n) is 13.9. The second-order valence-corrected chi connectivity index (χ2v) is 16.2. The highest BCUT2D eigenvalue weighted by Gasteiger charge is 2.46. The smallest absolute Gasteiger partial charge is 0.450 e. The third-order valence-electron chi connectivity index (χ3n) is 6.78. The van der Waals surface area contributed by atoms with Crippen molar-refractivity contribution in [3.8, 4) is 0 Å². The van der Waals surface area contributed by atoms with Crippen molar-refractivity contribution >= 4 is 14.3 Å². The summed E-state index contributed by atoms with van der Waals surface area (Å²) >= 11 is 0. The highest BCUT2D eigenvalue weighted by Crippen LogP contribution is 2.43. The van der Waals surface area contributed by atoms with E-state index in [0.29, 0.717) is 16.6 Å². The fourth-order valence-corrected chi connectivity index (χ4v) is 10.4. The van der Waals surface area contributed by atoms with Crippen molar-refractivity contribution in [2.45, 2.75) is 96.8 Å². The summed E-state index contributed by atoms with van der Waals surface area (Å²) in [6, 6.07) is 3.37. The lowest BCUT2D eigenvalue weighted by Crippen LogP contribution is -2.47. The number of furan rings is 3. The van der Waals surface area contributed by atoms with Crippen molar-refractivity contribution in [3.05, 3.63) is 71.0 Å². The van der Waals surface area contributed by atoms with Gasteiger partial charge in [-0.25, -0.2) is 4.79 Å². The van der Waals surface area contributed by atoms with Gasteiger partial charge in [0.2, 0.25) is 25.6 Å². The lowest BCUT2D eigenvalue weighted by Gasteiger charge is -2.42. The lowest BCUT2D eigenvalue weighted by molar-refractivity contribution is -0.154. The predicted octanol–water partition coefficient (Wildman–Crippen LogP) is 10.3. The monoisotopic (exact) mass is 696 g/mol. The van der Waals surface area contributed by atoms with Crippen LogP contribution in [0.15, 0.2) is 50.2 Å². The number of alkyl halides is 9. The van der Waals surface area contributed by atoms with E-state index in [2.05, 4.69) is 59.5 Å². The molecule has 3 rings (SSSR count). The molecule has 7 nitrogen and oxygen atoms in total. The molecule has 0 aliphatic rings. The van der Waals surface area contributed by atoms with Crippen LogP contribution in [-0.2, 0) is 40.9 Å². The van der Waals surface area contributed by atoms with Crippen LogP contribution in [0.4, 0.5) is 39.5 Å². The summed E-state index contributed by atoms with van der Waals surface area (Å²) in [4.78, 5) is 11.0. The van der Waals surface area contributed by atoms with Crippen LogP contribution in [0.3, 0.4) is 0 Å². The average Bonchev–Trinajstić information content (AvgIpc) is 3.69. The van der Waals surface area contributed by atoms with Gasteiger partial charge in [0.25, 0.3) is 0 Å². The molecule has 0 atom stereocenters. The molecule has 0 amide bonds. The van der Waals surface area contributed by atoms with Crippen LogP contribution in [0.2, 0.25) is 16.6 Å². The third-order valence-corrected chi connectivity index (χ3v) is 12.8. The maximum Gasteiger partial charge on any atom is 0.450 e. The van der Waals surface area contributed by atoms with Crippen molar-refractivity contribution in [1.82, 2.24) is 0 Å². The topological polar surface area (TPSA) is 95.2 Å². The van der Waals surface area contributed by atoms with Gasteiger partial charge in [0.1, 0.15) is 5.56 Å². The zero-order chi connectivity index (χ0) is 35.7. The summed E-state index contributed by atoms with van der Waals surface area (Å²) in [7, 11) is -2.17. The number of hydrogen-bond donors (Lipinski definition) is 1. The number of aliphatic hydroxyl groups excluding tert-OH is 1. The van der Waals surface area contributed by atoms with E-state index < -0.39 is 62.3 Å². The summed E-state index contributed by atoms with van der Waals surface area (Å²) < 4.78 is 134. The molecule has 46 heavy (non-hydrogen) atoms. The maximum atomic E-state index is 12.8. The van der Waals surface area contributed by atoms with Gasteiger partial charge in [-0.3, -0.25) is 0 Å². The van der Waals surface area contributed by atoms with Gasteiger partial charge in [0.05, 0.1) is 38.6 Å². The largest absolute Gasteiger partial charge is 0.462 e. The van der Waals surface area contributed by atoms with Crippen LogP contribution < -0.4 is 0 Å². The van der Waals surface area contributed by atoms with Gasteiger partial charge in [-0.1, -0.05) is 41.5 Å². The fourth-order valence-electron chi connectivity index (χ4n) is 5.01. The number of carbonyl (C=O) groups excluding carboxylic acids is 1. The fraction of sp³-hybridized carbons (Fsp3) is 0.552. The Labute approximate surface area is 260 Å². The predicted molar refractivity (Wildman–Crippen MR) is 149 cm³/mol. The number of ether oxygens (including phenoxy) is 1. The molecule has 1 N–H and O–H groups in total. The van der Waals surface area contributed by atoms with Gasteiger partial charge < -0.3 is 27.5 Å². The second-order valence-electron chi connectivity index (χ2n) is 10.7. The summed E-state index contributed by atoms with van der Waals surface area (Å²) in [6.45, 7) is 13.4. The van der Waals surface area contributed by atoms with Crippen LogP contribution in [0, 0.1) is 0 Å².